The lowest BCUT2D eigenvalue weighted by molar-refractivity contribution is -0.115. The largest absolute Gasteiger partial charge is 0.356 e. The number of hydrogen-bond donors (Lipinski definition) is 3. The molecule has 2 amide bonds. The molecule has 0 bridgehead atoms. The monoisotopic (exact) mass is 501 g/mol. The number of fused-ring (bicyclic) bond motifs is 1. The minimum atomic E-state index is -0.447. The minimum Gasteiger partial charge on any atom is -0.356 e. The van der Waals surface area contributed by atoms with Crippen LogP contribution < -0.4 is 10.6 Å². The van der Waals surface area contributed by atoms with Crippen molar-refractivity contribution in [3.05, 3.63) is 95.3 Å². The van der Waals surface area contributed by atoms with Crippen LogP contribution in [0.1, 0.15) is 28.5 Å². The van der Waals surface area contributed by atoms with Gasteiger partial charge in [-0.25, -0.2) is 13.8 Å². The van der Waals surface area contributed by atoms with Crippen molar-refractivity contribution in [2.45, 2.75) is 25.8 Å². The fourth-order valence-corrected chi connectivity index (χ4v) is 4.42. The number of nitrogens with one attached hydrogen (secondary N) is 3. The number of nitrogens with zero attached hydrogens (tertiary/aromatic N) is 2. The Morgan fingerprint density at radius 1 is 1.14 bits per heavy atom. The van der Waals surface area contributed by atoms with Gasteiger partial charge in [0.1, 0.15) is 17.5 Å². The quantitative estimate of drug-likeness (QED) is 0.335. The number of aromatic nitrogens is 2. The maximum atomic E-state index is 14.5. The molecule has 0 radical (unpaired) electrons. The van der Waals surface area contributed by atoms with E-state index in [1.54, 1.807) is 60.6 Å². The van der Waals surface area contributed by atoms with Gasteiger partial charge in [0.25, 0.3) is 5.91 Å². The molecule has 0 saturated carbocycles. The molecule has 37 heavy (non-hydrogen) atoms. The minimum absolute atomic E-state index is 0.00781. The zero-order chi connectivity index (χ0) is 26.1. The Labute approximate surface area is 212 Å². The van der Waals surface area contributed by atoms with Gasteiger partial charge in [-0.05, 0) is 48.9 Å². The van der Waals surface area contributed by atoms with Gasteiger partial charge in [0.15, 0.2) is 0 Å². The fraction of sp³-hybridized carbons (Fsp3) is 0.179. The van der Waals surface area contributed by atoms with Crippen molar-refractivity contribution in [2.24, 2.45) is 0 Å². The number of carbonyl (C=O) groups is 2. The number of amides is 2. The molecule has 0 aliphatic carbocycles. The molecule has 7 nitrogen and oxygen atoms in total. The Bertz CT molecular complexity index is 1480. The first-order valence-corrected chi connectivity index (χ1v) is 11.8. The number of rotatable bonds is 6. The number of carbonyl (C=O) groups excluding carboxylic acids is 2. The first kappa shape index (κ1) is 24.2. The first-order chi connectivity index (χ1) is 17.8. The van der Waals surface area contributed by atoms with E-state index in [1.165, 1.54) is 18.2 Å². The summed E-state index contributed by atoms with van der Waals surface area (Å²) in [5.74, 6) is -0.983. The average molecular weight is 502 g/mol. The predicted molar refractivity (Wildman–Crippen MR) is 138 cm³/mol. The summed E-state index contributed by atoms with van der Waals surface area (Å²) in [4.78, 5) is 35.1. The van der Waals surface area contributed by atoms with Crippen molar-refractivity contribution in [1.82, 2.24) is 14.9 Å². The summed E-state index contributed by atoms with van der Waals surface area (Å²) in [5.41, 5.74) is 3.81. The van der Waals surface area contributed by atoms with E-state index < -0.39 is 5.82 Å². The standard InChI is InChI=1S/C28H25F2N5O2/c1-16-13-22-25(28(37)35(16)2)27(32-21-6-4-3-5-20(21)30)26(33-22)18-11-12-31-23(15-18)34-24(36)14-17-7-9-19(29)10-8-17/h3-12,15-16,32-33H,13-14H2,1-2H3,(H,31,34,36). The summed E-state index contributed by atoms with van der Waals surface area (Å²) in [7, 11) is 1.75. The molecule has 188 valence electrons. The number of benzene rings is 2. The van der Waals surface area contributed by atoms with Gasteiger partial charge < -0.3 is 20.5 Å². The lowest BCUT2D eigenvalue weighted by Gasteiger charge is -2.30. The summed E-state index contributed by atoms with van der Waals surface area (Å²) in [6.45, 7) is 1.96. The average Bonchev–Trinajstić information content (AvgIpc) is 3.23. The van der Waals surface area contributed by atoms with Crippen LogP contribution in [0.2, 0.25) is 0 Å². The fourth-order valence-electron chi connectivity index (χ4n) is 4.42. The van der Waals surface area contributed by atoms with Gasteiger partial charge in [0, 0.05) is 37.0 Å². The van der Waals surface area contributed by atoms with E-state index in [1.807, 2.05) is 6.92 Å². The van der Waals surface area contributed by atoms with Crippen LogP contribution >= 0.6 is 0 Å². The number of para-hydroxylation sites is 1. The Hall–Kier alpha value is -4.53. The van der Waals surface area contributed by atoms with Crippen LogP contribution in [-0.2, 0) is 17.6 Å². The summed E-state index contributed by atoms with van der Waals surface area (Å²) in [5, 5.41) is 5.88. The van der Waals surface area contributed by atoms with E-state index in [4.69, 9.17) is 0 Å². The summed E-state index contributed by atoms with van der Waals surface area (Å²) >= 11 is 0. The normalized spacial score (nSPS) is 14.9. The van der Waals surface area contributed by atoms with Crippen molar-refractivity contribution >= 4 is 29.0 Å². The number of hydrogen-bond acceptors (Lipinski definition) is 4. The van der Waals surface area contributed by atoms with Crippen LogP contribution in [0.3, 0.4) is 0 Å². The molecule has 0 spiro atoms. The van der Waals surface area contributed by atoms with E-state index in [0.29, 0.717) is 40.3 Å². The number of pyridine rings is 1. The van der Waals surface area contributed by atoms with E-state index in [-0.39, 0.29) is 35.8 Å². The van der Waals surface area contributed by atoms with Gasteiger partial charge in [-0.1, -0.05) is 24.3 Å². The van der Waals surface area contributed by atoms with E-state index in [0.717, 1.165) is 5.69 Å². The van der Waals surface area contributed by atoms with Crippen LogP contribution in [0.15, 0.2) is 66.9 Å². The maximum absolute atomic E-state index is 14.5. The highest BCUT2D eigenvalue weighted by molar-refractivity contribution is 6.06. The van der Waals surface area contributed by atoms with Crippen LogP contribution in [0.25, 0.3) is 11.3 Å². The van der Waals surface area contributed by atoms with Gasteiger partial charge in [-0.15, -0.1) is 0 Å². The SMILES string of the molecule is CC1Cc2[nH]c(-c3ccnc(NC(=O)Cc4ccc(F)cc4)c3)c(Nc3ccccc3F)c2C(=O)N1C. The molecule has 1 aliphatic heterocycles. The third-order valence-electron chi connectivity index (χ3n) is 6.50. The van der Waals surface area contributed by atoms with Crippen molar-refractivity contribution < 1.29 is 18.4 Å². The number of likely N-dealkylation sites (N-methyl/N-ethyl adjacent to an activating group) is 1. The topological polar surface area (TPSA) is 90.1 Å². The molecule has 0 saturated heterocycles. The number of anilines is 3. The lowest BCUT2D eigenvalue weighted by Crippen LogP contribution is -2.41. The molecule has 1 unspecified atom stereocenters. The Morgan fingerprint density at radius 2 is 1.89 bits per heavy atom. The van der Waals surface area contributed by atoms with Gasteiger partial charge in [0.05, 0.1) is 29.1 Å². The van der Waals surface area contributed by atoms with Crippen LogP contribution in [0, 0.1) is 11.6 Å². The van der Waals surface area contributed by atoms with Gasteiger partial charge in [-0.2, -0.15) is 0 Å². The van der Waals surface area contributed by atoms with E-state index in [2.05, 4.69) is 20.6 Å². The first-order valence-electron chi connectivity index (χ1n) is 11.8. The molecule has 2 aromatic heterocycles. The van der Waals surface area contributed by atoms with Crippen molar-refractivity contribution in [2.75, 3.05) is 17.7 Å². The van der Waals surface area contributed by atoms with Crippen molar-refractivity contribution in [1.29, 1.82) is 0 Å². The molecule has 1 atom stereocenters. The highest BCUT2D eigenvalue weighted by Crippen LogP contribution is 2.39. The molecule has 9 heteroatoms. The molecule has 3 N–H and O–H groups in total. The Kier molecular flexibility index (Phi) is 6.43. The van der Waals surface area contributed by atoms with Crippen LogP contribution in [-0.4, -0.2) is 39.8 Å². The van der Waals surface area contributed by atoms with Crippen LogP contribution in [0.5, 0.6) is 0 Å². The van der Waals surface area contributed by atoms with E-state index >= 15 is 0 Å². The highest BCUT2D eigenvalue weighted by atomic mass is 19.1. The molecular weight excluding hydrogens is 476 g/mol. The Morgan fingerprint density at radius 3 is 2.65 bits per heavy atom. The predicted octanol–water partition coefficient (Wildman–Crippen LogP) is 5.30. The molecule has 3 heterocycles. The van der Waals surface area contributed by atoms with Gasteiger partial charge in [-0.3, -0.25) is 9.59 Å². The second-order valence-electron chi connectivity index (χ2n) is 9.08. The zero-order valence-corrected chi connectivity index (χ0v) is 20.3. The van der Waals surface area contributed by atoms with Crippen molar-refractivity contribution in [3.63, 3.8) is 0 Å². The third kappa shape index (κ3) is 4.93. The lowest BCUT2D eigenvalue weighted by atomic mass is 9.99. The van der Waals surface area contributed by atoms with Crippen LogP contribution in [0.4, 0.5) is 26.0 Å². The zero-order valence-electron chi connectivity index (χ0n) is 20.3. The smallest absolute Gasteiger partial charge is 0.257 e. The van der Waals surface area contributed by atoms with Gasteiger partial charge >= 0.3 is 0 Å². The van der Waals surface area contributed by atoms with Gasteiger partial charge in [0.2, 0.25) is 5.91 Å². The summed E-state index contributed by atoms with van der Waals surface area (Å²) in [6, 6.07) is 15.4. The molecule has 1 aliphatic rings. The van der Waals surface area contributed by atoms with Crippen molar-refractivity contribution in [3.8, 4) is 11.3 Å². The van der Waals surface area contributed by atoms with E-state index in [9.17, 15) is 18.4 Å². The second-order valence-corrected chi connectivity index (χ2v) is 9.08. The molecular formula is C28H25F2N5O2. The summed E-state index contributed by atoms with van der Waals surface area (Å²) in [6.07, 6.45) is 2.21. The number of H-pyrrole nitrogens is 1. The second kappa shape index (κ2) is 9.85. The molecule has 0 fully saturated rings. The number of aromatic amines is 1. The molecule has 5 rings (SSSR count). The Balaban J connectivity index is 1.49. The summed E-state index contributed by atoms with van der Waals surface area (Å²) < 4.78 is 27.7. The molecule has 2 aromatic carbocycles. The third-order valence-corrected chi connectivity index (χ3v) is 6.50. The number of halogens is 2. The highest BCUT2D eigenvalue weighted by Gasteiger charge is 2.33. The molecule has 4 aromatic rings. The maximum Gasteiger partial charge on any atom is 0.257 e.